The Balaban J connectivity index is 2.39. The normalized spacial score (nSPS) is 18.1. The predicted molar refractivity (Wildman–Crippen MR) is 67.5 cm³/mol. The smallest absolute Gasteiger partial charge is 0.330 e. The van der Waals surface area contributed by atoms with Crippen LogP contribution in [0.2, 0.25) is 0 Å². The molecule has 0 aromatic heterocycles. The van der Waals surface area contributed by atoms with Crippen molar-refractivity contribution >= 4 is 10.0 Å². The van der Waals surface area contributed by atoms with Crippen LogP contribution in [-0.4, -0.2) is 32.4 Å². The van der Waals surface area contributed by atoms with Gasteiger partial charge in [0, 0.05) is 13.1 Å². The van der Waals surface area contributed by atoms with Gasteiger partial charge in [0.15, 0.2) is 0 Å². The van der Waals surface area contributed by atoms with Crippen LogP contribution in [0.15, 0.2) is 23.1 Å². The van der Waals surface area contributed by atoms with Crippen molar-refractivity contribution in [3.05, 3.63) is 29.3 Å². The van der Waals surface area contributed by atoms with E-state index >= 15 is 0 Å². The van der Waals surface area contributed by atoms with E-state index in [1.807, 2.05) is 0 Å². The van der Waals surface area contributed by atoms with Gasteiger partial charge in [-0.2, -0.15) is 17.5 Å². The summed E-state index contributed by atoms with van der Waals surface area (Å²) in [4.78, 5) is -0.289. The maximum atomic E-state index is 12.8. The highest BCUT2D eigenvalue weighted by Crippen LogP contribution is 2.35. The molecule has 0 bridgehead atoms. The minimum Gasteiger partial charge on any atom is -0.330 e. The van der Waals surface area contributed by atoms with E-state index in [9.17, 15) is 21.6 Å². The van der Waals surface area contributed by atoms with Gasteiger partial charge >= 0.3 is 6.18 Å². The first kappa shape index (κ1) is 15.3. The van der Waals surface area contributed by atoms with Gasteiger partial charge in [0.1, 0.15) is 0 Å². The monoisotopic (exact) mass is 308 g/mol. The SMILES string of the molecule is Cc1c(C(F)(F)F)cccc1S(=O)(=O)N1CC(CN)C1. The van der Waals surface area contributed by atoms with Crippen LogP contribution in [0.25, 0.3) is 0 Å². The molecule has 0 saturated carbocycles. The fraction of sp³-hybridized carbons (Fsp3) is 0.500. The Bertz CT molecular complexity index is 608. The number of benzene rings is 1. The third-order valence-electron chi connectivity index (χ3n) is 3.46. The summed E-state index contributed by atoms with van der Waals surface area (Å²) in [6.07, 6.45) is -4.57. The zero-order valence-electron chi connectivity index (χ0n) is 10.8. The van der Waals surface area contributed by atoms with Gasteiger partial charge in [-0.1, -0.05) is 6.07 Å². The lowest BCUT2D eigenvalue weighted by molar-refractivity contribution is -0.138. The molecule has 0 spiro atoms. The highest BCUT2D eigenvalue weighted by molar-refractivity contribution is 7.89. The standard InChI is InChI=1S/C12H15F3N2O2S/c1-8-10(12(13,14)15)3-2-4-11(8)20(18,19)17-6-9(5-16)7-17/h2-4,9H,5-7,16H2,1H3. The molecule has 0 aliphatic carbocycles. The van der Waals surface area contributed by atoms with E-state index in [0.717, 1.165) is 16.4 Å². The third-order valence-corrected chi connectivity index (χ3v) is 5.44. The van der Waals surface area contributed by atoms with Crippen molar-refractivity contribution < 1.29 is 21.6 Å². The number of hydrogen-bond donors (Lipinski definition) is 1. The summed E-state index contributed by atoms with van der Waals surface area (Å²) in [5, 5.41) is 0. The average molecular weight is 308 g/mol. The van der Waals surface area contributed by atoms with Gasteiger partial charge in [-0.05, 0) is 37.1 Å². The fourth-order valence-corrected chi connectivity index (χ4v) is 4.05. The zero-order chi connectivity index (χ0) is 15.1. The summed E-state index contributed by atoms with van der Waals surface area (Å²) >= 11 is 0. The lowest BCUT2D eigenvalue weighted by Crippen LogP contribution is -2.52. The molecule has 0 radical (unpaired) electrons. The number of halogens is 3. The van der Waals surface area contributed by atoms with E-state index in [-0.39, 0.29) is 29.5 Å². The minimum absolute atomic E-state index is 0.0795. The van der Waals surface area contributed by atoms with Crippen LogP contribution < -0.4 is 5.73 Å². The zero-order valence-corrected chi connectivity index (χ0v) is 11.6. The molecule has 1 aliphatic heterocycles. The van der Waals surface area contributed by atoms with Crippen molar-refractivity contribution in [1.29, 1.82) is 0 Å². The highest BCUT2D eigenvalue weighted by Gasteiger charge is 2.39. The van der Waals surface area contributed by atoms with Gasteiger partial charge in [0.25, 0.3) is 0 Å². The van der Waals surface area contributed by atoms with Crippen LogP contribution in [0.1, 0.15) is 11.1 Å². The second-order valence-corrected chi connectivity index (χ2v) is 6.76. The molecule has 20 heavy (non-hydrogen) atoms. The predicted octanol–water partition coefficient (Wildman–Crippen LogP) is 1.59. The number of nitrogens with zero attached hydrogens (tertiary/aromatic N) is 1. The number of sulfonamides is 1. The quantitative estimate of drug-likeness (QED) is 0.922. The second-order valence-electron chi connectivity index (χ2n) is 4.85. The van der Waals surface area contributed by atoms with Crippen molar-refractivity contribution in [2.75, 3.05) is 19.6 Å². The molecule has 0 atom stereocenters. The van der Waals surface area contributed by atoms with E-state index < -0.39 is 21.8 Å². The van der Waals surface area contributed by atoms with E-state index in [4.69, 9.17) is 5.73 Å². The molecule has 2 N–H and O–H groups in total. The molecule has 2 rings (SSSR count). The molecule has 1 aromatic carbocycles. The summed E-state index contributed by atoms with van der Waals surface area (Å²) in [6, 6.07) is 3.20. The minimum atomic E-state index is -4.57. The first-order valence-corrected chi connectivity index (χ1v) is 7.49. The van der Waals surface area contributed by atoms with Crippen molar-refractivity contribution in [3.63, 3.8) is 0 Å². The summed E-state index contributed by atoms with van der Waals surface area (Å²) < 4.78 is 64.2. The van der Waals surface area contributed by atoms with Crippen LogP contribution >= 0.6 is 0 Å². The molecular formula is C12H15F3N2O2S. The second kappa shape index (κ2) is 5.01. The Morgan fingerprint density at radius 3 is 2.45 bits per heavy atom. The number of rotatable bonds is 3. The van der Waals surface area contributed by atoms with Gasteiger partial charge < -0.3 is 5.73 Å². The molecule has 1 saturated heterocycles. The molecule has 0 unspecified atom stereocenters. The molecule has 8 heteroatoms. The van der Waals surface area contributed by atoms with E-state index in [0.29, 0.717) is 6.54 Å². The van der Waals surface area contributed by atoms with Gasteiger partial charge in [-0.15, -0.1) is 0 Å². The van der Waals surface area contributed by atoms with Crippen LogP contribution in [-0.2, 0) is 16.2 Å². The fourth-order valence-electron chi connectivity index (χ4n) is 2.21. The maximum Gasteiger partial charge on any atom is 0.416 e. The Kier molecular flexibility index (Phi) is 3.83. The van der Waals surface area contributed by atoms with Crippen LogP contribution in [0.5, 0.6) is 0 Å². The van der Waals surface area contributed by atoms with Crippen molar-refractivity contribution in [2.45, 2.75) is 18.0 Å². The van der Waals surface area contributed by atoms with Gasteiger partial charge in [0.2, 0.25) is 10.0 Å². The first-order valence-electron chi connectivity index (χ1n) is 6.05. The summed E-state index contributed by atoms with van der Waals surface area (Å²) in [6.45, 7) is 2.06. The lowest BCUT2D eigenvalue weighted by atomic mass is 10.0. The molecule has 1 aliphatic rings. The molecule has 1 aromatic rings. The topological polar surface area (TPSA) is 63.4 Å². The lowest BCUT2D eigenvalue weighted by Gasteiger charge is -2.37. The Labute approximate surface area is 115 Å². The summed E-state index contributed by atoms with van der Waals surface area (Å²) in [7, 11) is -3.88. The van der Waals surface area contributed by atoms with E-state index in [2.05, 4.69) is 0 Å². The van der Waals surface area contributed by atoms with Crippen molar-refractivity contribution in [2.24, 2.45) is 11.7 Å². The number of nitrogens with two attached hydrogens (primary N) is 1. The first-order chi connectivity index (χ1) is 9.17. The number of alkyl halides is 3. The highest BCUT2D eigenvalue weighted by atomic mass is 32.2. The maximum absolute atomic E-state index is 12.8. The van der Waals surface area contributed by atoms with Crippen molar-refractivity contribution in [3.8, 4) is 0 Å². The molecular weight excluding hydrogens is 293 g/mol. The van der Waals surface area contributed by atoms with Gasteiger partial charge in [0.05, 0.1) is 10.5 Å². The summed E-state index contributed by atoms with van der Waals surface area (Å²) in [5.41, 5.74) is 4.23. The Hall–Kier alpha value is -1.12. The third kappa shape index (κ3) is 2.55. The van der Waals surface area contributed by atoms with Gasteiger partial charge in [-0.3, -0.25) is 0 Å². The van der Waals surface area contributed by atoms with Crippen LogP contribution in [0.3, 0.4) is 0 Å². The molecule has 1 heterocycles. The largest absolute Gasteiger partial charge is 0.416 e. The molecule has 1 fully saturated rings. The van der Waals surface area contributed by atoms with E-state index in [1.54, 1.807) is 0 Å². The molecule has 0 amide bonds. The van der Waals surface area contributed by atoms with E-state index in [1.165, 1.54) is 13.0 Å². The van der Waals surface area contributed by atoms with Crippen LogP contribution in [0, 0.1) is 12.8 Å². The van der Waals surface area contributed by atoms with Crippen molar-refractivity contribution in [1.82, 2.24) is 4.31 Å². The van der Waals surface area contributed by atoms with Gasteiger partial charge in [-0.25, -0.2) is 8.42 Å². The molecule has 4 nitrogen and oxygen atoms in total. The van der Waals surface area contributed by atoms with Crippen LogP contribution in [0.4, 0.5) is 13.2 Å². The Morgan fingerprint density at radius 2 is 1.95 bits per heavy atom. The summed E-state index contributed by atoms with van der Waals surface area (Å²) in [5.74, 6) is 0.0795. The average Bonchev–Trinajstić information content (AvgIpc) is 2.25. The Morgan fingerprint density at radius 1 is 1.35 bits per heavy atom. The number of hydrogen-bond acceptors (Lipinski definition) is 3. The molecule has 112 valence electrons.